The summed E-state index contributed by atoms with van der Waals surface area (Å²) in [4.78, 5) is 12.6. The fourth-order valence-electron chi connectivity index (χ4n) is 1.92. The van der Waals surface area contributed by atoms with Gasteiger partial charge in [-0.1, -0.05) is 18.2 Å². The largest absolute Gasteiger partial charge is 0.508 e. The SMILES string of the molecule is COC(=O)CC(NCc1cccc(O)c1)c1cccs1. The molecule has 0 aliphatic rings. The maximum atomic E-state index is 11.5. The van der Waals surface area contributed by atoms with Gasteiger partial charge in [0.25, 0.3) is 0 Å². The molecule has 1 aromatic heterocycles. The average Bonchev–Trinajstić information content (AvgIpc) is 2.97. The van der Waals surface area contributed by atoms with Crippen LogP contribution < -0.4 is 5.32 Å². The van der Waals surface area contributed by atoms with Crippen molar-refractivity contribution in [3.05, 3.63) is 52.2 Å². The Kier molecular flexibility index (Phi) is 5.15. The van der Waals surface area contributed by atoms with Gasteiger partial charge in [0.2, 0.25) is 0 Å². The lowest BCUT2D eigenvalue weighted by Gasteiger charge is -2.16. The Morgan fingerprint density at radius 2 is 2.25 bits per heavy atom. The number of ether oxygens (including phenoxy) is 1. The topological polar surface area (TPSA) is 58.6 Å². The van der Waals surface area contributed by atoms with Crippen molar-refractivity contribution < 1.29 is 14.6 Å². The molecule has 2 aromatic rings. The van der Waals surface area contributed by atoms with Crippen LogP contribution >= 0.6 is 11.3 Å². The zero-order chi connectivity index (χ0) is 14.4. The van der Waals surface area contributed by atoms with E-state index in [2.05, 4.69) is 5.32 Å². The van der Waals surface area contributed by atoms with Crippen LogP contribution in [0.2, 0.25) is 0 Å². The van der Waals surface area contributed by atoms with E-state index < -0.39 is 0 Å². The van der Waals surface area contributed by atoms with E-state index in [4.69, 9.17) is 4.74 Å². The fourth-order valence-corrected chi connectivity index (χ4v) is 2.72. The van der Waals surface area contributed by atoms with Crippen LogP contribution in [0.5, 0.6) is 5.75 Å². The zero-order valence-electron chi connectivity index (χ0n) is 11.2. The number of methoxy groups -OCH3 is 1. The van der Waals surface area contributed by atoms with Crippen LogP contribution in [0.25, 0.3) is 0 Å². The third kappa shape index (κ3) is 4.08. The van der Waals surface area contributed by atoms with Gasteiger partial charge in [-0.15, -0.1) is 11.3 Å². The smallest absolute Gasteiger partial charge is 0.307 e. The standard InChI is InChI=1S/C15H17NO3S/c1-19-15(18)9-13(14-6-3-7-20-14)16-10-11-4-2-5-12(17)8-11/h2-8,13,16-17H,9-10H2,1H3. The molecule has 0 aliphatic heterocycles. The molecule has 0 amide bonds. The third-order valence-corrected chi connectivity index (χ3v) is 3.93. The Morgan fingerprint density at radius 1 is 1.40 bits per heavy atom. The number of thiophene rings is 1. The van der Waals surface area contributed by atoms with Crippen LogP contribution in [0.1, 0.15) is 22.9 Å². The summed E-state index contributed by atoms with van der Waals surface area (Å²) in [5.74, 6) is -0.00301. The quantitative estimate of drug-likeness (QED) is 0.804. The number of benzene rings is 1. The first-order chi connectivity index (χ1) is 9.69. The van der Waals surface area contributed by atoms with Crippen LogP contribution in [-0.4, -0.2) is 18.2 Å². The van der Waals surface area contributed by atoms with Gasteiger partial charge >= 0.3 is 5.97 Å². The van der Waals surface area contributed by atoms with Gasteiger partial charge < -0.3 is 15.2 Å². The van der Waals surface area contributed by atoms with Gasteiger partial charge in [-0.2, -0.15) is 0 Å². The normalized spacial score (nSPS) is 12.1. The minimum absolute atomic E-state index is 0.0789. The number of hydrogen-bond acceptors (Lipinski definition) is 5. The lowest BCUT2D eigenvalue weighted by molar-refractivity contribution is -0.141. The molecule has 0 saturated heterocycles. The molecule has 1 heterocycles. The number of esters is 1. The molecule has 106 valence electrons. The molecule has 1 unspecified atom stereocenters. The predicted octanol–water partition coefficient (Wildman–Crippen LogP) is 2.85. The van der Waals surface area contributed by atoms with Crippen LogP contribution in [0.3, 0.4) is 0 Å². The molecule has 20 heavy (non-hydrogen) atoms. The average molecular weight is 291 g/mol. The van der Waals surface area contributed by atoms with E-state index in [1.807, 2.05) is 23.6 Å². The first-order valence-electron chi connectivity index (χ1n) is 6.30. The molecule has 4 nitrogen and oxygen atoms in total. The van der Waals surface area contributed by atoms with E-state index >= 15 is 0 Å². The number of carbonyl (C=O) groups is 1. The number of rotatable bonds is 6. The Hall–Kier alpha value is -1.85. The Bertz CT molecular complexity index is 554. The summed E-state index contributed by atoms with van der Waals surface area (Å²) in [6.45, 7) is 0.577. The predicted molar refractivity (Wildman–Crippen MR) is 78.6 cm³/mol. The minimum Gasteiger partial charge on any atom is -0.508 e. The van der Waals surface area contributed by atoms with Gasteiger partial charge in [0.1, 0.15) is 5.75 Å². The maximum Gasteiger partial charge on any atom is 0.307 e. The highest BCUT2D eigenvalue weighted by atomic mass is 32.1. The Labute approximate surface area is 122 Å². The van der Waals surface area contributed by atoms with Gasteiger partial charge in [-0.3, -0.25) is 4.79 Å². The molecule has 0 aliphatic carbocycles. The van der Waals surface area contributed by atoms with Crippen LogP contribution in [0, 0.1) is 0 Å². The minimum atomic E-state index is -0.244. The van der Waals surface area contributed by atoms with Crippen molar-refractivity contribution >= 4 is 17.3 Å². The second-order valence-corrected chi connectivity index (χ2v) is 5.38. The van der Waals surface area contributed by atoms with Gasteiger partial charge in [-0.05, 0) is 29.1 Å². The molecule has 0 bridgehead atoms. The summed E-state index contributed by atoms with van der Waals surface area (Å²) in [7, 11) is 1.39. The van der Waals surface area contributed by atoms with E-state index in [1.165, 1.54) is 7.11 Å². The molecule has 2 N–H and O–H groups in total. The first kappa shape index (κ1) is 14.6. The monoisotopic (exact) mass is 291 g/mol. The molecule has 0 radical (unpaired) electrons. The summed E-state index contributed by atoms with van der Waals surface area (Å²) in [6.07, 6.45) is 0.288. The summed E-state index contributed by atoms with van der Waals surface area (Å²) in [6, 6.07) is 10.9. The molecule has 1 atom stereocenters. The number of aromatic hydroxyl groups is 1. The van der Waals surface area contributed by atoms with Gasteiger partial charge in [0, 0.05) is 11.4 Å². The number of phenols is 1. The second-order valence-electron chi connectivity index (χ2n) is 4.40. The highest BCUT2D eigenvalue weighted by molar-refractivity contribution is 7.10. The molecule has 0 spiro atoms. The fraction of sp³-hybridized carbons (Fsp3) is 0.267. The molecule has 5 heteroatoms. The molecule has 0 fully saturated rings. The second kappa shape index (κ2) is 7.07. The van der Waals surface area contributed by atoms with Crippen molar-refractivity contribution in [3.63, 3.8) is 0 Å². The van der Waals surface area contributed by atoms with Crippen molar-refractivity contribution in [1.29, 1.82) is 0 Å². The first-order valence-corrected chi connectivity index (χ1v) is 7.18. The molecule has 2 rings (SSSR count). The van der Waals surface area contributed by atoms with Crippen molar-refractivity contribution in [2.75, 3.05) is 7.11 Å². The molecule has 1 aromatic carbocycles. The number of nitrogens with one attached hydrogen (secondary N) is 1. The van der Waals surface area contributed by atoms with Crippen molar-refractivity contribution in [2.45, 2.75) is 19.0 Å². The summed E-state index contributed by atoms with van der Waals surface area (Å²) in [5.41, 5.74) is 0.969. The number of carbonyl (C=O) groups excluding carboxylic acids is 1. The van der Waals surface area contributed by atoms with E-state index in [-0.39, 0.29) is 24.2 Å². The highest BCUT2D eigenvalue weighted by Gasteiger charge is 2.17. The maximum absolute atomic E-state index is 11.5. The van der Waals surface area contributed by atoms with E-state index in [0.29, 0.717) is 6.54 Å². The van der Waals surface area contributed by atoms with Crippen molar-refractivity contribution in [2.24, 2.45) is 0 Å². The van der Waals surface area contributed by atoms with Gasteiger partial charge in [-0.25, -0.2) is 0 Å². The third-order valence-electron chi connectivity index (χ3n) is 2.95. The van der Waals surface area contributed by atoms with E-state index in [9.17, 15) is 9.90 Å². The van der Waals surface area contributed by atoms with Gasteiger partial charge in [0.15, 0.2) is 0 Å². The van der Waals surface area contributed by atoms with E-state index in [1.54, 1.807) is 29.5 Å². The zero-order valence-corrected chi connectivity index (χ0v) is 12.0. The number of phenolic OH excluding ortho intramolecular Hbond substituents is 1. The lowest BCUT2D eigenvalue weighted by Crippen LogP contribution is -2.23. The lowest BCUT2D eigenvalue weighted by atomic mass is 10.1. The van der Waals surface area contributed by atoms with Crippen LogP contribution in [0.15, 0.2) is 41.8 Å². The Morgan fingerprint density at radius 3 is 2.90 bits per heavy atom. The molecular weight excluding hydrogens is 274 g/mol. The Balaban J connectivity index is 2.02. The van der Waals surface area contributed by atoms with Crippen LogP contribution in [0.4, 0.5) is 0 Å². The highest BCUT2D eigenvalue weighted by Crippen LogP contribution is 2.23. The van der Waals surface area contributed by atoms with Crippen LogP contribution in [-0.2, 0) is 16.1 Å². The van der Waals surface area contributed by atoms with Gasteiger partial charge in [0.05, 0.1) is 19.6 Å². The molecule has 0 saturated carbocycles. The van der Waals surface area contributed by atoms with Crippen molar-refractivity contribution in [3.8, 4) is 5.75 Å². The summed E-state index contributed by atoms with van der Waals surface area (Å²) >= 11 is 1.60. The summed E-state index contributed by atoms with van der Waals surface area (Å²) in [5, 5.41) is 14.8. The van der Waals surface area contributed by atoms with E-state index in [0.717, 1.165) is 10.4 Å². The number of hydrogen-bond donors (Lipinski definition) is 2. The molecular formula is C15H17NO3S. The van der Waals surface area contributed by atoms with Crippen molar-refractivity contribution in [1.82, 2.24) is 5.32 Å². The summed E-state index contributed by atoms with van der Waals surface area (Å²) < 4.78 is 4.74.